The number of hydrogen-bond donors (Lipinski definition) is 0. The summed E-state index contributed by atoms with van der Waals surface area (Å²) >= 11 is 12.9. The van der Waals surface area contributed by atoms with Crippen LogP contribution in [0.2, 0.25) is 10.0 Å². The molecule has 0 saturated carbocycles. The van der Waals surface area contributed by atoms with Crippen LogP contribution in [-0.4, -0.2) is 25.3 Å². The van der Waals surface area contributed by atoms with E-state index < -0.39 is 0 Å². The van der Waals surface area contributed by atoms with Gasteiger partial charge in [-0.15, -0.1) is 0 Å². The molecule has 2 aromatic carbocycles. The topological polar surface area (TPSA) is 44.8 Å². The molecule has 0 fully saturated rings. The second kappa shape index (κ2) is 24.3. The number of ether oxygens (including phenoxy) is 3. The Morgan fingerprint density at radius 3 is 1.49 bits per heavy atom. The number of carbonyl (C=O) groups excluding carboxylic acids is 1. The van der Waals surface area contributed by atoms with Crippen molar-refractivity contribution < 1.29 is 39.3 Å². The maximum absolute atomic E-state index is 13.8. The summed E-state index contributed by atoms with van der Waals surface area (Å²) in [6.45, 7) is 15.1. The molecule has 0 N–H and O–H groups in total. The number of carbonyl (C=O) groups is 1. The van der Waals surface area contributed by atoms with Gasteiger partial charge in [0.05, 0.1) is 40.7 Å². The summed E-state index contributed by atoms with van der Waals surface area (Å²) in [4.78, 5) is 13.8. The molecule has 0 spiro atoms. The van der Waals surface area contributed by atoms with Crippen molar-refractivity contribution in [3.8, 4) is 17.2 Å². The van der Waals surface area contributed by atoms with E-state index in [9.17, 15) is 4.79 Å². The van der Waals surface area contributed by atoms with Gasteiger partial charge in [0.1, 0.15) is 17.2 Å². The Bertz CT molecular complexity index is 1060. The Balaban J connectivity index is 0.0000101. The zero-order valence-corrected chi connectivity index (χ0v) is 31.6. The molecule has 0 radical (unpaired) electrons. The van der Waals surface area contributed by atoms with E-state index in [1.54, 1.807) is 18.2 Å². The Kier molecular flexibility index (Phi) is 22.7. The molecule has 2 rings (SSSR count). The van der Waals surface area contributed by atoms with Crippen molar-refractivity contribution in [3.05, 3.63) is 45.9 Å². The summed E-state index contributed by atoms with van der Waals surface area (Å²) in [5, 5.41) is 1.47. The first-order valence-corrected chi connectivity index (χ1v) is 18.9. The first-order valence-electron chi connectivity index (χ1n) is 17.1. The van der Waals surface area contributed by atoms with Gasteiger partial charge in [-0.05, 0) is 57.7 Å². The molecule has 2 aromatic rings. The summed E-state index contributed by atoms with van der Waals surface area (Å²) in [6, 6.07) is 9.10. The third-order valence-corrected chi connectivity index (χ3v) is 10.4. The zero-order chi connectivity index (χ0) is 32.3. The molecule has 0 aliphatic rings. The van der Waals surface area contributed by atoms with Gasteiger partial charge in [0.15, 0.2) is 5.52 Å². The maximum atomic E-state index is 13.8. The fourth-order valence-electron chi connectivity index (χ4n) is 5.21. The molecule has 0 aliphatic heterocycles. The second-order valence-electron chi connectivity index (χ2n) is 12.0. The van der Waals surface area contributed by atoms with Gasteiger partial charge in [-0.25, -0.2) is 0 Å². The fourth-order valence-corrected chi connectivity index (χ4v) is 7.10. The van der Waals surface area contributed by atoms with Gasteiger partial charge in [0.25, 0.3) is 0 Å². The summed E-state index contributed by atoms with van der Waals surface area (Å²) in [6.07, 6.45) is 13.6. The molecule has 4 nitrogen and oxygen atoms in total. The molecule has 0 bridgehead atoms. The molecule has 0 aliphatic carbocycles. The van der Waals surface area contributed by atoms with Crippen LogP contribution in [0.25, 0.3) is 0 Å². The fraction of sp³-hybridized carbons (Fsp3) is 0.649. The van der Waals surface area contributed by atoms with Crippen LogP contribution in [0.3, 0.4) is 0 Å². The summed E-state index contributed by atoms with van der Waals surface area (Å²) in [5.74, 6) is 3.41. The van der Waals surface area contributed by atoms with Crippen molar-refractivity contribution in [1.29, 1.82) is 0 Å². The number of unbranched alkanes of at least 4 members (excludes halogenated alkanes) is 3. The average molecular weight is 676 g/mol. The van der Waals surface area contributed by atoms with Crippen molar-refractivity contribution in [3.63, 3.8) is 0 Å². The van der Waals surface area contributed by atoms with Crippen molar-refractivity contribution in [1.82, 2.24) is 0 Å². The smallest absolute Gasteiger partial charge is 1.00 e. The first kappa shape index (κ1) is 42.1. The third-order valence-electron chi connectivity index (χ3n) is 8.53. The van der Waals surface area contributed by atoms with Crippen LogP contribution >= 0.6 is 31.8 Å². The molecule has 4 atom stereocenters. The largest absolute Gasteiger partial charge is 1.00 e. The number of hydrogen-bond acceptors (Lipinski definition) is 4. The van der Waals surface area contributed by atoms with E-state index in [1.807, 2.05) is 12.1 Å². The maximum Gasteiger partial charge on any atom is 1.00 e. The number of rotatable bonds is 24. The molecule has 0 heterocycles. The molecular weight excluding hydrogens is 617 g/mol. The Hall–Kier alpha value is -0.883. The quantitative estimate of drug-likeness (QED) is 0.0823. The minimum absolute atomic E-state index is 0. The van der Waals surface area contributed by atoms with E-state index in [1.165, 1.54) is 25.7 Å². The van der Waals surface area contributed by atoms with Crippen molar-refractivity contribution in [2.45, 2.75) is 119 Å². The third kappa shape index (κ3) is 14.8. The normalized spacial score (nSPS) is 13.3. The summed E-state index contributed by atoms with van der Waals surface area (Å²) in [5.41, 5.74) is 0.211. The van der Waals surface area contributed by atoms with E-state index in [2.05, 4.69) is 41.5 Å². The van der Waals surface area contributed by atoms with Crippen LogP contribution in [0.15, 0.2) is 30.3 Å². The average Bonchev–Trinajstić information content (AvgIpc) is 3.02. The zero-order valence-electron chi connectivity index (χ0n) is 30.1. The predicted molar refractivity (Wildman–Crippen MR) is 193 cm³/mol. The van der Waals surface area contributed by atoms with Crippen LogP contribution in [0.4, 0.5) is 0 Å². The van der Waals surface area contributed by atoms with Gasteiger partial charge in [-0.2, -0.15) is 0 Å². The molecule has 45 heavy (non-hydrogen) atoms. The van der Waals surface area contributed by atoms with Gasteiger partial charge in [0, 0.05) is 12.1 Å². The number of benzene rings is 2. The van der Waals surface area contributed by atoms with Crippen LogP contribution in [0, 0.1) is 17.8 Å². The van der Waals surface area contributed by atoms with E-state index >= 15 is 0 Å². The van der Waals surface area contributed by atoms with Crippen LogP contribution < -0.4 is 38.4 Å². The Morgan fingerprint density at radius 2 is 1.11 bits per heavy atom. The molecular formula is C37H58Cl2LiO4P. The molecule has 0 aromatic heterocycles. The second-order valence-corrected chi connectivity index (χ2v) is 14.0. The Morgan fingerprint density at radius 1 is 0.711 bits per heavy atom. The van der Waals surface area contributed by atoms with Gasteiger partial charge in [-0.3, -0.25) is 4.79 Å². The minimum atomic E-state index is -0.263. The van der Waals surface area contributed by atoms with E-state index in [-0.39, 0.29) is 34.4 Å². The standard InChI is InChI=1S/C37H57Cl2O4P.Li.H/c1-7-13-17-27(10-4)24-41-30-22-33(42-25-28(11-5)18-14-8-2)36(34(23-30)43-26-29(12-6)19-15-9-3)44-37(40)35-31(38)20-16-21-32(35)39;;/h16,20-23,27-29,44H,7-15,17-19,24-26H2,1-6H3;;/q;+1;-1. The minimum Gasteiger partial charge on any atom is -1.00 e. The molecule has 4 unspecified atom stereocenters. The van der Waals surface area contributed by atoms with Crippen molar-refractivity contribution in [2.75, 3.05) is 19.8 Å². The van der Waals surface area contributed by atoms with Crippen LogP contribution in [0.5, 0.6) is 17.2 Å². The predicted octanol–water partition coefficient (Wildman–Crippen LogP) is 9.04. The SMILES string of the molecule is CCCCC(CC)COc1cc(OCC(CC)CCCC)c(PC(=O)c2c(Cl)cccc2Cl)c(OCC(CC)CCCC)c1.[H-].[Li+]. The van der Waals surface area contributed by atoms with E-state index in [4.69, 9.17) is 37.4 Å². The summed E-state index contributed by atoms with van der Waals surface area (Å²) in [7, 11) is -0.263. The monoisotopic (exact) mass is 674 g/mol. The molecule has 0 amide bonds. The van der Waals surface area contributed by atoms with Gasteiger partial charge < -0.3 is 15.6 Å². The van der Waals surface area contributed by atoms with Crippen LogP contribution in [-0.2, 0) is 0 Å². The summed E-state index contributed by atoms with van der Waals surface area (Å²) < 4.78 is 19.6. The first-order chi connectivity index (χ1) is 21.3. The molecule has 0 saturated heterocycles. The molecule has 8 heteroatoms. The van der Waals surface area contributed by atoms with E-state index in [0.717, 1.165) is 62.4 Å². The van der Waals surface area contributed by atoms with Gasteiger partial charge in [0.2, 0.25) is 0 Å². The van der Waals surface area contributed by atoms with E-state index in [0.29, 0.717) is 64.7 Å². The van der Waals surface area contributed by atoms with Crippen molar-refractivity contribution in [2.24, 2.45) is 17.8 Å². The number of halogens is 2. The van der Waals surface area contributed by atoms with Gasteiger partial charge >= 0.3 is 18.9 Å². The molecule has 250 valence electrons. The van der Waals surface area contributed by atoms with Crippen LogP contribution in [0.1, 0.15) is 130 Å². The Labute approximate surface area is 299 Å². The van der Waals surface area contributed by atoms with Gasteiger partial charge in [-0.1, -0.05) is 129 Å². The van der Waals surface area contributed by atoms with Crippen molar-refractivity contribution >= 4 is 42.6 Å².